The van der Waals surface area contributed by atoms with Crippen LogP contribution in [0.2, 0.25) is 0 Å². The summed E-state index contributed by atoms with van der Waals surface area (Å²) < 4.78 is 14.2. The number of fused-ring (bicyclic) bond motifs is 1. The minimum Gasteiger partial charge on any atom is -0.321 e. The van der Waals surface area contributed by atoms with E-state index in [1.54, 1.807) is 30.6 Å². The van der Waals surface area contributed by atoms with Crippen LogP contribution in [0, 0.1) is 5.82 Å². The number of aromatic nitrogens is 1. The maximum atomic E-state index is 14.0. The van der Waals surface area contributed by atoms with Crippen molar-refractivity contribution in [3.8, 4) is 0 Å². The molecule has 0 aliphatic rings. The number of rotatable bonds is 2. The molecular formula is C16H10BrFN2O. The summed E-state index contributed by atoms with van der Waals surface area (Å²) in [5.74, 6) is -1.06. The number of hydrogen-bond donors (Lipinski definition) is 1. The highest BCUT2D eigenvalue weighted by Gasteiger charge is 2.14. The van der Waals surface area contributed by atoms with Gasteiger partial charge >= 0.3 is 0 Å². The van der Waals surface area contributed by atoms with Crippen LogP contribution in [-0.4, -0.2) is 10.9 Å². The monoisotopic (exact) mass is 344 g/mol. The highest BCUT2D eigenvalue weighted by molar-refractivity contribution is 9.10. The van der Waals surface area contributed by atoms with Gasteiger partial charge in [0.15, 0.2) is 0 Å². The van der Waals surface area contributed by atoms with Crippen molar-refractivity contribution >= 4 is 38.3 Å². The van der Waals surface area contributed by atoms with Crippen molar-refractivity contribution < 1.29 is 9.18 Å². The Morgan fingerprint density at radius 3 is 2.81 bits per heavy atom. The van der Waals surface area contributed by atoms with Crippen LogP contribution in [0.1, 0.15) is 10.4 Å². The van der Waals surface area contributed by atoms with E-state index in [1.807, 2.05) is 18.2 Å². The molecule has 2 aromatic carbocycles. The van der Waals surface area contributed by atoms with E-state index in [4.69, 9.17) is 0 Å². The lowest BCUT2D eigenvalue weighted by Gasteiger charge is -2.09. The number of carbonyl (C=O) groups excluding carboxylic acids is 1. The van der Waals surface area contributed by atoms with Crippen molar-refractivity contribution in [2.75, 3.05) is 5.32 Å². The molecule has 1 aromatic heterocycles. The van der Waals surface area contributed by atoms with E-state index in [0.717, 1.165) is 10.8 Å². The maximum Gasteiger partial charge on any atom is 0.258 e. The Morgan fingerprint density at radius 2 is 1.95 bits per heavy atom. The van der Waals surface area contributed by atoms with Crippen LogP contribution in [0.15, 0.2) is 59.3 Å². The molecule has 3 nitrogen and oxygen atoms in total. The normalized spacial score (nSPS) is 10.6. The van der Waals surface area contributed by atoms with Crippen LogP contribution in [0.4, 0.5) is 10.1 Å². The third kappa shape index (κ3) is 2.64. The zero-order valence-corrected chi connectivity index (χ0v) is 12.4. The first-order valence-electron chi connectivity index (χ1n) is 6.25. The lowest BCUT2D eigenvalue weighted by molar-refractivity contribution is 0.102. The maximum absolute atomic E-state index is 14.0. The molecule has 3 rings (SSSR count). The van der Waals surface area contributed by atoms with Gasteiger partial charge in [-0.25, -0.2) is 4.39 Å². The number of nitrogens with zero attached hydrogens (tertiary/aromatic N) is 1. The van der Waals surface area contributed by atoms with Crippen molar-refractivity contribution in [2.24, 2.45) is 0 Å². The number of anilines is 1. The Labute approximate surface area is 128 Å². The van der Waals surface area contributed by atoms with Crippen molar-refractivity contribution in [3.05, 3.63) is 70.7 Å². The molecule has 1 N–H and O–H groups in total. The van der Waals surface area contributed by atoms with Crippen molar-refractivity contribution in [2.45, 2.75) is 0 Å². The third-order valence-corrected chi connectivity index (χ3v) is 3.74. The minimum atomic E-state index is -0.572. The highest BCUT2D eigenvalue weighted by Crippen LogP contribution is 2.24. The smallest absolute Gasteiger partial charge is 0.258 e. The van der Waals surface area contributed by atoms with E-state index in [9.17, 15) is 9.18 Å². The number of benzene rings is 2. The van der Waals surface area contributed by atoms with Crippen LogP contribution in [0.3, 0.4) is 0 Å². The van der Waals surface area contributed by atoms with E-state index in [0.29, 0.717) is 5.69 Å². The van der Waals surface area contributed by atoms with Gasteiger partial charge in [-0.3, -0.25) is 9.78 Å². The molecule has 1 amide bonds. The predicted molar refractivity (Wildman–Crippen MR) is 83.8 cm³/mol. The average Bonchev–Trinajstić information content (AvgIpc) is 2.50. The molecule has 0 spiro atoms. The number of hydrogen-bond acceptors (Lipinski definition) is 2. The number of nitrogens with one attached hydrogen (secondary N) is 1. The zero-order valence-electron chi connectivity index (χ0n) is 10.8. The van der Waals surface area contributed by atoms with Gasteiger partial charge in [0.25, 0.3) is 5.91 Å². The van der Waals surface area contributed by atoms with Crippen LogP contribution in [-0.2, 0) is 0 Å². The fourth-order valence-corrected chi connectivity index (χ4v) is 2.47. The van der Waals surface area contributed by atoms with Gasteiger partial charge in [-0.15, -0.1) is 0 Å². The zero-order chi connectivity index (χ0) is 14.8. The van der Waals surface area contributed by atoms with Gasteiger partial charge in [-0.05, 0) is 40.2 Å². The molecule has 0 unspecified atom stereocenters. The van der Waals surface area contributed by atoms with Gasteiger partial charge in [0.2, 0.25) is 0 Å². The summed E-state index contributed by atoms with van der Waals surface area (Å²) >= 11 is 3.08. The predicted octanol–water partition coefficient (Wildman–Crippen LogP) is 4.39. The lowest BCUT2D eigenvalue weighted by Crippen LogP contribution is -2.14. The fraction of sp³-hybridized carbons (Fsp3) is 0. The van der Waals surface area contributed by atoms with E-state index < -0.39 is 11.7 Å². The molecule has 3 aromatic rings. The molecular weight excluding hydrogens is 335 g/mol. The number of carbonyl (C=O) groups is 1. The van der Waals surface area contributed by atoms with E-state index in [1.165, 1.54) is 6.07 Å². The van der Waals surface area contributed by atoms with Gasteiger partial charge in [-0.1, -0.05) is 18.2 Å². The molecule has 0 bridgehead atoms. The molecule has 1 heterocycles. The topological polar surface area (TPSA) is 42.0 Å². The second kappa shape index (κ2) is 5.61. The molecule has 0 saturated carbocycles. The van der Waals surface area contributed by atoms with Crippen molar-refractivity contribution in [1.29, 1.82) is 0 Å². The molecule has 0 aliphatic heterocycles. The van der Waals surface area contributed by atoms with Gasteiger partial charge in [0.1, 0.15) is 5.82 Å². The summed E-state index contributed by atoms with van der Waals surface area (Å²) in [5, 5.41) is 4.51. The van der Waals surface area contributed by atoms with Crippen molar-refractivity contribution in [1.82, 2.24) is 4.98 Å². The van der Waals surface area contributed by atoms with E-state index in [-0.39, 0.29) is 10.0 Å². The molecule has 0 fully saturated rings. The summed E-state index contributed by atoms with van der Waals surface area (Å²) in [6, 6.07) is 11.9. The second-order valence-electron chi connectivity index (χ2n) is 4.46. The average molecular weight is 345 g/mol. The van der Waals surface area contributed by atoms with Gasteiger partial charge in [-0.2, -0.15) is 0 Å². The highest BCUT2D eigenvalue weighted by atomic mass is 79.9. The Bertz CT molecular complexity index is 830. The SMILES string of the molecule is O=C(Nc1cccc2cnccc12)c1cccc(Br)c1F. The Morgan fingerprint density at radius 1 is 1.14 bits per heavy atom. The first-order chi connectivity index (χ1) is 10.2. The minimum absolute atomic E-state index is 0.00423. The number of amides is 1. The Hall–Kier alpha value is -2.27. The molecule has 5 heteroatoms. The number of halogens is 2. The fourth-order valence-electron chi connectivity index (χ4n) is 2.10. The largest absolute Gasteiger partial charge is 0.321 e. The molecule has 0 atom stereocenters. The van der Waals surface area contributed by atoms with Crippen LogP contribution >= 0.6 is 15.9 Å². The Kier molecular flexibility index (Phi) is 3.66. The summed E-state index contributed by atoms with van der Waals surface area (Å²) in [6.45, 7) is 0. The first kappa shape index (κ1) is 13.7. The van der Waals surface area contributed by atoms with Crippen molar-refractivity contribution in [3.63, 3.8) is 0 Å². The standard InChI is InChI=1S/C16H10BrFN2O/c17-13-5-2-4-12(15(13)18)16(21)20-14-6-1-3-10-9-19-8-7-11(10)14/h1-9H,(H,20,21). The molecule has 0 saturated heterocycles. The van der Waals surface area contributed by atoms with Gasteiger partial charge in [0, 0.05) is 28.9 Å². The first-order valence-corrected chi connectivity index (χ1v) is 7.04. The van der Waals surface area contributed by atoms with Gasteiger partial charge in [0.05, 0.1) is 10.0 Å². The van der Waals surface area contributed by atoms with Crippen LogP contribution < -0.4 is 5.32 Å². The summed E-state index contributed by atoms with van der Waals surface area (Å²) in [6.07, 6.45) is 3.36. The lowest BCUT2D eigenvalue weighted by atomic mass is 10.1. The molecule has 0 radical (unpaired) electrons. The third-order valence-electron chi connectivity index (χ3n) is 3.13. The molecule has 21 heavy (non-hydrogen) atoms. The summed E-state index contributed by atoms with van der Waals surface area (Å²) in [4.78, 5) is 16.3. The summed E-state index contributed by atoms with van der Waals surface area (Å²) in [7, 11) is 0. The quantitative estimate of drug-likeness (QED) is 0.749. The van der Waals surface area contributed by atoms with Crippen LogP contribution in [0.25, 0.3) is 10.8 Å². The molecule has 0 aliphatic carbocycles. The second-order valence-corrected chi connectivity index (χ2v) is 5.31. The molecule has 104 valence electrons. The summed E-state index contributed by atoms with van der Waals surface area (Å²) in [5.41, 5.74) is 0.620. The van der Waals surface area contributed by atoms with Gasteiger partial charge < -0.3 is 5.32 Å². The Balaban J connectivity index is 1.99. The van der Waals surface area contributed by atoms with Crippen LogP contribution in [0.5, 0.6) is 0 Å². The number of pyridine rings is 1. The van der Waals surface area contributed by atoms with E-state index in [2.05, 4.69) is 26.2 Å². The van der Waals surface area contributed by atoms with E-state index >= 15 is 0 Å².